The Labute approximate surface area is 133 Å². The van der Waals surface area contributed by atoms with Crippen LogP contribution in [0.3, 0.4) is 0 Å². The molecule has 0 fully saturated rings. The largest absolute Gasteiger partial charge is 0.321 e. The number of pyridine rings is 1. The number of fused-ring (bicyclic) bond motifs is 1. The first kappa shape index (κ1) is 14.5. The Bertz CT molecular complexity index is 937. The zero-order valence-electron chi connectivity index (χ0n) is 12.3. The number of nitriles is 1. The van der Waals surface area contributed by atoms with Crippen molar-refractivity contribution >= 4 is 22.5 Å². The fourth-order valence-corrected chi connectivity index (χ4v) is 2.32. The number of rotatable bonds is 3. The summed E-state index contributed by atoms with van der Waals surface area (Å²) in [6, 6.07) is 18.8. The van der Waals surface area contributed by atoms with E-state index in [0.29, 0.717) is 16.9 Å². The molecule has 0 aliphatic heterocycles. The molecule has 2 aromatic carbocycles. The highest BCUT2D eigenvalue weighted by atomic mass is 16.1. The maximum absolute atomic E-state index is 11.7. The molecule has 0 unspecified atom stereocenters. The van der Waals surface area contributed by atoms with Crippen LogP contribution in [0.1, 0.15) is 5.56 Å². The normalized spacial score (nSPS) is 10.0. The van der Waals surface area contributed by atoms with Crippen molar-refractivity contribution in [3.05, 3.63) is 72.8 Å². The van der Waals surface area contributed by atoms with Gasteiger partial charge in [0.1, 0.15) is 0 Å². The van der Waals surface area contributed by atoms with E-state index in [-0.39, 0.29) is 5.91 Å². The first-order chi connectivity index (χ1) is 11.2. The molecule has 0 spiro atoms. The molecule has 4 heteroatoms. The molecule has 4 nitrogen and oxygen atoms in total. The Morgan fingerprint density at radius 3 is 2.61 bits per heavy atom. The molecule has 3 aromatic rings. The highest BCUT2D eigenvalue weighted by Crippen LogP contribution is 2.29. The van der Waals surface area contributed by atoms with Crippen molar-refractivity contribution in [2.75, 3.05) is 5.32 Å². The summed E-state index contributed by atoms with van der Waals surface area (Å²) in [4.78, 5) is 16.4. The summed E-state index contributed by atoms with van der Waals surface area (Å²) >= 11 is 0. The van der Waals surface area contributed by atoms with Crippen molar-refractivity contribution in [1.82, 2.24) is 4.98 Å². The summed E-state index contributed by atoms with van der Waals surface area (Å²) in [5.74, 6) is -0.294. The topological polar surface area (TPSA) is 65.8 Å². The summed E-state index contributed by atoms with van der Waals surface area (Å²) in [7, 11) is 0. The van der Waals surface area contributed by atoms with Gasteiger partial charge in [0.15, 0.2) is 0 Å². The van der Waals surface area contributed by atoms with Gasteiger partial charge in [0, 0.05) is 10.9 Å². The number of hydrogen-bond acceptors (Lipinski definition) is 3. The zero-order valence-corrected chi connectivity index (χ0v) is 12.3. The van der Waals surface area contributed by atoms with E-state index in [2.05, 4.69) is 22.9 Å². The van der Waals surface area contributed by atoms with Crippen LogP contribution in [-0.4, -0.2) is 10.9 Å². The van der Waals surface area contributed by atoms with E-state index in [9.17, 15) is 4.79 Å². The summed E-state index contributed by atoms with van der Waals surface area (Å²) < 4.78 is 0. The number of para-hydroxylation sites is 1. The molecule has 0 bridgehead atoms. The number of benzene rings is 2. The van der Waals surface area contributed by atoms with Crippen molar-refractivity contribution in [1.29, 1.82) is 5.26 Å². The van der Waals surface area contributed by atoms with E-state index in [1.54, 1.807) is 12.1 Å². The van der Waals surface area contributed by atoms with Gasteiger partial charge >= 0.3 is 0 Å². The number of hydrogen-bond donors (Lipinski definition) is 1. The third-order valence-corrected chi connectivity index (χ3v) is 3.45. The Balaban J connectivity index is 2.18. The van der Waals surface area contributed by atoms with Gasteiger partial charge in [-0.3, -0.25) is 4.79 Å². The highest BCUT2D eigenvalue weighted by Gasteiger charge is 2.11. The number of carbonyl (C=O) groups excluding carboxylic acids is 1. The van der Waals surface area contributed by atoms with Crippen molar-refractivity contribution in [3.8, 4) is 17.3 Å². The van der Waals surface area contributed by atoms with Gasteiger partial charge in [-0.05, 0) is 30.3 Å². The quantitative estimate of drug-likeness (QED) is 0.746. The van der Waals surface area contributed by atoms with E-state index in [0.717, 1.165) is 16.5 Å². The van der Waals surface area contributed by atoms with Crippen LogP contribution in [0.25, 0.3) is 22.2 Å². The lowest BCUT2D eigenvalue weighted by molar-refractivity contribution is -0.111. The number of anilines is 1. The van der Waals surface area contributed by atoms with Crippen LogP contribution in [0.5, 0.6) is 0 Å². The molecule has 1 aromatic heterocycles. The molecule has 1 N–H and O–H groups in total. The summed E-state index contributed by atoms with van der Waals surface area (Å²) in [5.41, 5.74) is 3.51. The van der Waals surface area contributed by atoms with E-state index in [4.69, 9.17) is 5.26 Å². The van der Waals surface area contributed by atoms with Gasteiger partial charge in [-0.1, -0.05) is 36.9 Å². The molecule has 3 rings (SSSR count). The van der Waals surface area contributed by atoms with E-state index >= 15 is 0 Å². The third kappa shape index (κ3) is 2.94. The number of nitrogens with zero attached hydrogens (tertiary/aromatic N) is 2. The molecule has 1 heterocycles. The van der Waals surface area contributed by atoms with Gasteiger partial charge in [0.25, 0.3) is 0 Å². The van der Waals surface area contributed by atoms with Gasteiger partial charge in [-0.2, -0.15) is 5.26 Å². The SMILES string of the molecule is C=CC(=O)Nc1cc2ccccc2nc1-c1ccc(C#N)cc1. The second kappa shape index (κ2) is 6.12. The average Bonchev–Trinajstić information content (AvgIpc) is 2.61. The second-order valence-corrected chi connectivity index (χ2v) is 4.96. The minimum absolute atomic E-state index is 0.294. The van der Waals surface area contributed by atoms with Gasteiger partial charge in [-0.15, -0.1) is 0 Å². The lowest BCUT2D eigenvalue weighted by Crippen LogP contribution is -2.09. The Hall–Kier alpha value is -3.45. The molecular formula is C19H13N3O. The molecule has 0 aliphatic carbocycles. The Kier molecular flexibility index (Phi) is 3.86. The molecule has 0 atom stereocenters. The molecule has 0 aliphatic rings. The van der Waals surface area contributed by atoms with E-state index < -0.39 is 0 Å². The molecule has 110 valence electrons. The fraction of sp³-hybridized carbons (Fsp3) is 0. The van der Waals surface area contributed by atoms with Crippen LogP contribution >= 0.6 is 0 Å². The maximum atomic E-state index is 11.7. The Morgan fingerprint density at radius 2 is 1.91 bits per heavy atom. The molecule has 23 heavy (non-hydrogen) atoms. The van der Waals surface area contributed by atoms with Crippen LogP contribution in [-0.2, 0) is 4.79 Å². The lowest BCUT2D eigenvalue weighted by atomic mass is 10.1. The zero-order chi connectivity index (χ0) is 16.2. The molecule has 0 radical (unpaired) electrons. The van der Waals surface area contributed by atoms with Gasteiger partial charge < -0.3 is 5.32 Å². The molecule has 1 amide bonds. The van der Waals surface area contributed by atoms with Gasteiger partial charge in [-0.25, -0.2) is 4.98 Å². The lowest BCUT2D eigenvalue weighted by Gasteiger charge is -2.11. The van der Waals surface area contributed by atoms with Crippen molar-refractivity contribution in [2.45, 2.75) is 0 Å². The molecule has 0 saturated heterocycles. The van der Waals surface area contributed by atoms with Crippen LogP contribution in [0.4, 0.5) is 5.69 Å². The van der Waals surface area contributed by atoms with Gasteiger partial charge in [0.05, 0.1) is 28.5 Å². The van der Waals surface area contributed by atoms with Crippen LogP contribution in [0, 0.1) is 11.3 Å². The van der Waals surface area contributed by atoms with Crippen LogP contribution < -0.4 is 5.32 Å². The third-order valence-electron chi connectivity index (χ3n) is 3.45. The highest BCUT2D eigenvalue weighted by molar-refractivity contribution is 6.03. The first-order valence-electron chi connectivity index (χ1n) is 7.05. The predicted molar refractivity (Wildman–Crippen MR) is 90.7 cm³/mol. The Morgan fingerprint density at radius 1 is 1.17 bits per heavy atom. The average molecular weight is 299 g/mol. The van der Waals surface area contributed by atoms with Crippen molar-refractivity contribution in [3.63, 3.8) is 0 Å². The minimum atomic E-state index is -0.294. The summed E-state index contributed by atoms with van der Waals surface area (Å²) in [6.45, 7) is 3.48. The van der Waals surface area contributed by atoms with Crippen LogP contribution in [0.2, 0.25) is 0 Å². The van der Waals surface area contributed by atoms with Crippen molar-refractivity contribution < 1.29 is 4.79 Å². The number of amides is 1. The number of carbonyl (C=O) groups is 1. The van der Waals surface area contributed by atoms with E-state index in [1.165, 1.54) is 6.08 Å². The first-order valence-corrected chi connectivity index (χ1v) is 7.05. The monoisotopic (exact) mass is 299 g/mol. The predicted octanol–water partition coefficient (Wildman–Crippen LogP) is 3.90. The van der Waals surface area contributed by atoms with Crippen LogP contribution in [0.15, 0.2) is 67.3 Å². The standard InChI is InChI=1S/C19H13N3O/c1-2-18(23)21-17-11-15-5-3-4-6-16(15)22-19(17)14-9-7-13(12-20)8-10-14/h2-11H,1H2,(H,21,23). The number of nitrogens with one attached hydrogen (secondary N) is 1. The molecule has 0 saturated carbocycles. The summed E-state index contributed by atoms with van der Waals surface area (Å²) in [5, 5.41) is 12.6. The molecular weight excluding hydrogens is 286 g/mol. The fourth-order valence-electron chi connectivity index (χ4n) is 2.32. The van der Waals surface area contributed by atoms with Crippen molar-refractivity contribution in [2.24, 2.45) is 0 Å². The number of aromatic nitrogens is 1. The smallest absolute Gasteiger partial charge is 0.247 e. The van der Waals surface area contributed by atoms with E-state index in [1.807, 2.05) is 42.5 Å². The second-order valence-electron chi connectivity index (χ2n) is 4.96. The van der Waals surface area contributed by atoms with Gasteiger partial charge in [0.2, 0.25) is 5.91 Å². The minimum Gasteiger partial charge on any atom is -0.321 e. The summed E-state index contributed by atoms with van der Waals surface area (Å²) in [6.07, 6.45) is 1.22. The maximum Gasteiger partial charge on any atom is 0.247 e.